The van der Waals surface area contributed by atoms with E-state index < -0.39 is 53.1 Å². The quantitative estimate of drug-likeness (QED) is 0.0996. The number of hydrogen-bond donors (Lipinski definition) is 0. The summed E-state index contributed by atoms with van der Waals surface area (Å²) in [5, 5.41) is 0. The number of Topliss-reactive ketones (excluding diaryl/α,β-unsaturated/α-hetero) is 1. The zero-order valence-electron chi connectivity index (χ0n) is 26.6. The summed E-state index contributed by atoms with van der Waals surface area (Å²) in [6.45, 7) is 2.17. The second-order valence-electron chi connectivity index (χ2n) is 13.5. The van der Waals surface area contributed by atoms with Crippen molar-refractivity contribution in [2.24, 2.45) is 17.8 Å². The van der Waals surface area contributed by atoms with Crippen molar-refractivity contribution >= 4 is 5.78 Å². The van der Waals surface area contributed by atoms with Gasteiger partial charge in [0.1, 0.15) is 0 Å². The van der Waals surface area contributed by atoms with Gasteiger partial charge in [-0.2, -0.15) is 65.9 Å². The summed E-state index contributed by atoms with van der Waals surface area (Å²) < 4.78 is 203. The summed E-state index contributed by atoms with van der Waals surface area (Å²) >= 11 is 0. The Labute approximate surface area is 274 Å². The summed E-state index contributed by atoms with van der Waals surface area (Å²) in [6, 6.07) is 3.09. The Morgan fingerprint density at radius 3 is 1.45 bits per heavy atom. The lowest BCUT2D eigenvalue weighted by molar-refractivity contribution is -0.449. The molecule has 1 aromatic carbocycles. The third-order valence-corrected chi connectivity index (χ3v) is 10.3. The molecule has 0 atom stereocenters. The molecule has 282 valence electrons. The summed E-state index contributed by atoms with van der Waals surface area (Å²) in [6.07, 6.45) is 7.29. The van der Waals surface area contributed by atoms with Crippen LogP contribution in [0.15, 0.2) is 24.3 Å². The molecule has 0 aromatic heterocycles. The third kappa shape index (κ3) is 7.72. The van der Waals surface area contributed by atoms with Gasteiger partial charge < -0.3 is 0 Å². The molecule has 0 heterocycles. The van der Waals surface area contributed by atoms with Crippen molar-refractivity contribution in [3.63, 3.8) is 0 Å². The molecule has 16 heteroatoms. The van der Waals surface area contributed by atoms with E-state index in [4.69, 9.17) is 0 Å². The van der Waals surface area contributed by atoms with Gasteiger partial charge in [-0.3, -0.25) is 4.79 Å². The number of rotatable bonds is 15. The Morgan fingerprint density at radius 2 is 0.980 bits per heavy atom. The maximum absolute atomic E-state index is 14.5. The highest BCUT2D eigenvalue weighted by atomic mass is 19.4. The smallest absolute Gasteiger partial charge is 0.287 e. The van der Waals surface area contributed by atoms with Crippen LogP contribution in [0.1, 0.15) is 119 Å². The highest BCUT2D eigenvalue weighted by Gasteiger charge is 2.94. The van der Waals surface area contributed by atoms with Gasteiger partial charge in [0.15, 0.2) is 0 Å². The molecule has 2 aliphatic carbocycles. The van der Waals surface area contributed by atoms with E-state index in [2.05, 4.69) is 6.92 Å². The van der Waals surface area contributed by atoms with Crippen molar-refractivity contribution < 1.29 is 70.7 Å². The van der Waals surface area contributed by atoms with E-state index in [9.17, 15) is 70.7 Å². The Morgan fingerprint density at radius 1 is 0.551 bits per heavy atom. The fraction of sp³-hybridized carbons (Fsp3) is 0.788. The average Bonchev–Trinajstić information content (AvgIpc) is 3.03. The maximum atomic E-state index is 14.5. The van der Waals surface area contributed by atoms with E-state index >= 15 is 0 Å². The van der Waals surface area contributed by atoms with Gasteiger partial charge in [0.25, 0.3) is 0 Å². The zero-order valence-corrected chi connectivity index (χ0v) is 26.6. The van der Waals surface area contributed by atoms with Crippen LogP contribution < -0.4 is 0 Å². The lowest BCUT2D eigenvalue weighted by atomic mass is 9.68. The third-order valence-electron chi connectivity index (χ3n) is 10.3. The van der Waals surface area contributed by atoms with Crippen LogP contribution in [0.2, 0.25) is 0 Å². The molecular weight excluding hydrogens is 697 g/mol. The summed E-state index contributed by atoms with van der Waals surface area (Å²) in [5.74, 6) is -49.6. The van der Waals surface area contributed by atoms with Crippen molar-refractivity contribution in [1.29, 1.82) is 0 Å². The molecule has 0 saturated heterocycles. The Balaban J connectivity index is 1.64. The minimum absolute atomic E-state index is 0.151. The summed E-state index contributed by atoms with van der Waals surface area (Å²) in [4.78, 5) is 12.2. The first-order chi connectivity index (χ1) is 22.4. The Bertz CT molecular complexity index is 1220. The predicted octanol–water partition coefficient (Wildman–Crippen LogP) is 12.7. The standard InChI is InChI=1S/C33H39F15O/c1-2-3-4-5-6-7-20-8-10-21(11-9-20)22-12-14-23(15-13-22)24-16-18-25(19-17-24)26(49)27(34,35)28(36,37)29(38,39)30(40,41)31(42,43)32(44,45)33(46,47)48/h16-23H,2-15H2,1H3. The normalized spacial score (nSPS) is 23.8. The average molecular weight is 737 g/mol. The Kier molecular flexibility index (Phi) is 12.5. The monoisotopic (exact) mass is 736 g/mol. The Hall–Kier alpha value is -2.16. The number of carbonyl (C=O) groups is 1. The van der Waals surface area contributed by atoms with E-state index in [0.717, 1.165) is 43.7 Å². The first kappa shape index (κ1) is 41.3. The molecular formula is C33H39F15O. The van der Waals surface area contributed by atoms with Crippen LogP contribution in [0, 0.1) is 17.8 Å². The van der Waals surface area contributed by atoms with Gasteiger partial charge in [0.05, 0.1) is 0 Å². The number of hydrogen-bond acceptors (Lipinski definition) is 1. The summed E-state index contributed by atoms with van der Waals surface area (Å²) in [7, 11) is 0. The van der Waals surface area contributed by atoms with Gasteiger partial charge in [-0.25, -0.2) is 0 Å². The number of benzene rings is 1. The molecule has 2 fully saturated rings. The molecule has 2 saturated carbocycles. The van der Waals surface area contributed by atoms with Crippen molar-refractivity contribution in [3.05, 3.63) is 35.4 Å². The molecule has 0 unspecified atom stereocenters. The fourth-order valence-electron chi connectivity index (χ4n) is 7.11. The second kappa shape index (κ2) is 14.8. The van der Waals surface area contributed by atoms with E-state index in [1.165, 1.54) is 51.4 Å². The molecule has 0 amide bonds. The van der Waals surface area contributed by atoms with Crippen LogP contribution in [0.3, 0.4) is 0 Å². The van der Waals surface area contributed by atoms with Crippen molar-refractivity contribution in [2.75, 3.05) is 0 Å². The van der Waals surface area contributed by atoms with Crippen LogP contribution in [0.4, 0.5) is 65.9 Å². The van der Waals surface area contributed by atoms with Crippen molar-refractivity contribution in [1.82, 2.24) is 0 Å². The van der Waals surface area contributed by atoms with Crippen LogP contribution in [-0.4, -0.2) is 47.5 Å². The zero-order chi connectivity index (χ0) is 37.3. The highest BCUT2D eigenvalue weighted by Crippen LogP contribution is 2.62. The number of carbonyl (C=O) groups excluding carboxylic acids is 1. The highest BCUT2D eigenvalue weighted by molar-refractivity contribution is 6.02. The van der Waals surface area contributed by atoms with Crippen LogP contribution >= 0.6 is 0 Å². The first-order valence-electron chi connectivity index (χ1n) is 16.4. The minimum atomic E-state index is -8.43. The number of halogens is 15. The minimum Gasteiger partial charge on any atom is -0.287 e. The van der Waals surface area contributed by atoms with Gasteiger partial charge in [-0.05, 0) is 67.8 Å². The fourth-order valence-corrected chi connectivity index (χ4v) is 7.11. The van der Waals surface area contributed by atoms with Gasteiger partial charge in [0, 0.05) is 5.56 Å². The maximum Gasteiger partial charge on any atom is 0.460 e. The number of unbranched alkanes of at least 4 members (excludes halogenated alkanes) is 4. The van der Waals surface area contributed by atoms with E-state index in [-0.39, 0.29) is 5.92 Å². The molecule has 49 heavy (non-hydrogen) atoms. The van der Waals surface area contributed by atoms with E-state index in [0.29, 0.717) is 42.4 Å². The SMILES string of the molecule is CCCCCCCC1CCC(C2CCC(c3ccc(C(=O)C(F)(F)C(F)(F)C(F)(F)C(F)(F)C(F)(F)C(F)(F)C(F)(F)F)cc3)CC2)CC1. The van der Waals surface area contributed by atoms with Gasteiger partial charge in [0.2, 0.25) is 5.78 Å². The van der Waals surface area contributed by atoms with E-state index in [1.54, 1.807) is 0 Å². The number of ketones is 1. The molecule has 2 aliphatic rings. The summed E-state index contributed by atoms with van der Waals surface area (Å²) in [5.41, 5.74) is -0.988. The lowest BCUT2D eigenvalue weighted by Crippen LogP contribution is -2.73. The molecule has 0 aliphatic heterocycles. The van der Waals surface area contributed by atoms with Gasteiger partial charge in [-0.15, -0.1) is 0 Å². The molecule has 1 aromatic rings. The van der Waals surface area contributed by atoms with Crippen LogP contribution in [0.5, 0.6) is 0 Å². The van der Waals surface area contributed by atoms with Gasteiger partial charge in [-0.1, -0.05) is 82.6 Å². The second-order valence-corrected chi connectivity index (χ2v) is 13.5. The molecule has 1 nitrogen and oxygen atoms in total. The topological polar surface area (TPSA) is 17.1 Å². The molecule has 3 rings (SSSR count). The lowest BCUT2D eigenvalue weighted by Gasteiger charge is -2.41. The van der Waals surface area contributed by atoms with Crippen LogP contribution in [0.25, 0.3) is 0 Å². The van der Waals surface area contributed by atoms with Crippen molar-refractivity contribution in [3.8, 4) is 0 Å². The van der Waals surface area contributed by atoms with E-state index in [1.807, 2.05) is 0 Å². The molecule has 0 spiro atoms. The predicted molar refractivity (Wildman–Crippen MR) is 150 cm³/mol. The van der Waals surface area contributed by atoms with Crippen molar-refractivity contribution in [2.45, 2.75) is 144 Å². The number of alkyl halides is 15. The van der Waals surface area contributed by atoms with Crippen LogP contribution in [-0.2, 0) is 0 Å². The first-order valence-corrected chi connectivity index (χ1v) is 16.4. The molecule has 0 bridgehead atoms. The molecule has 0 radical (unpaired) electrons. The largest absolute Gasteiger partial charge is 0.460 e. The van der Waals surface area contributed by atoms with Gasteiger partial charge >= 0.3 is 41.7 Å². The molecule has 0 N–H and O–H groups in total.